The number of nitrogens with zero attached hydrogens (tertiary/aromatic N) is 1. The van der Waals surface area contributed by atoms with Crippen LogP contribution >= 0.6 is 0 Å². The molecule has 1 unspecified atom stereocenters. The molecule has 0 heterocycles. The first-order valence-electron chi connectivity index (χ1n) is 6.83. The van der Waals surface area contributed by atoms with E-state index in [1.807, 2.05) is 20.8 Å². The maximum Gasteiger partial charge on any atom is 0.289 e. The number of nitrogens with one attached hydrogen (secondary N) is 2. The summed E-state index contributed by atoms with van der Waals surface area (Å²) in [5.74, 6) is 0.163. The molecule has 1 aromatic rings. The van der Waals surface area contributed by atoms with E-state index in [0.717, 1.165) is 6.42 Å². The molecule has 21 heavy (non-hydrogen) atoms. The van der Waals surface area contributed by atoms with Gasteiger partial charge in [-0.05, 0) is 25.0 Å². The summed E-state index contributed by atoms with van der Waals surface area (Å²) in [6.07, 6.45) is 0.821. The number of benzene rings is 1. The van der Waals surface area contributed by atoms with Gasteiger partial charge < -0.3 is 5.32 Å². The van der Waals surface area contributed by atoms with Gasteiger partial charge in [-0.1, -0.05) is 20.3 Å². The molecule has 2 N–H and O–H groups in total. The number of nitro benzene ring substituents is 1. The predicted octanol–water partition coefficient (Wildman–Crippen LogP) is 2.35. The lowest BCUT2D eigenvalue weighted by Gasteiger charge is -2.12. The Bertz CT molecular complexity index is 601. The number of sulfonamides is 1. The van der Waals surface area contributed by atoms with E-state index < -0.39 is 20.6 Å². The summed E-state index contributed by atoms with van der Waals surface area (Å²) in [7, 11) is -3.91. The minimum atomic E-state index is -3.91. The van der Waals surface area contributed by atoms with Gasteiger partial charge in [0.2, 0.25) is 10.0 Å². The first kappa shape index (κ1) is 17.4. The van der Waals surface area contributed by atoms with Crippen LogP contribution in [0.3, 0.4) is 0 Å². The second kappa shape index (κ2) is 7.37. The van der Waals surface area contributed by atoms with E-state index >= 15 is 0 Å². The van der Waals surface area contributed by atoms with Gasteiger partial charge in [0.1, 0.15) is 0 Å². The number of nitro groups is 1. The third kappa shape index (κ3) is 4.68. The van der Waals surface area contributed by atoms with E-state index in [9.17, 15) is 18.5 Å². The van der Waals surface area contributed by atoms with Gasteiger partial charge in [-0.3, -0.25) is 10.1 Å². The zero-order valence-corrected chi connectivity index (χ0v) is 13.2. The summed E-state index contributed by atoms with van der Waals surface area (Å²) in [4.78, 5) is 10.0. The van der Waals surface area contributed by atoms with Crippen LogP contribution < -0.4 is 10.0 Å². The van der Waals surface area contributed by atoms with Gasteiger partial charge >= 0.3 is 0 Å². The van der Waals surface area contributed by atoms with Crippen LogP contribution in [0.25, 0.3) is 0 Å². The second-order valence-electron chi connectivity index (χ2n) is 4.84. The normalized spacial score (nSPS) is 12.9. The van der Waals surface area contributed by atoms with Gasteiger partial charge in [-0.2, -0.15) is 0 Å². The Balaban J connectivity index is 3.17. The highest BCUT2D eigenvalue weighted by Gasteiger charge is 2.26. The smallest absolute Gasteiger partial charge is 0.289 e. The third-order valence-electron chi connectivity index (χ3n) is 3.15. The quantitative estimate of drug-likeness (QED) is 0.566. The Hall–Kier alpha value is -1.67. The zero-order chi connectivity index (χ0) is 16.0. The van der Waals surface area contributed by atoms with E-state index in [-0.39, 0.29) is 17.4 Å². The minimum Gasteiger partial charge on any atom is -0.385 e. The SMILES string of the molecule is CCNc1ccc([N+](=O)[O-])c(S(=O)(=O)NCC(C)CC)c1. The highest BCUT2D eigenvalue weighted by molar-refractivity contribution is 7.89. The predicted molar refractivity (Wildman–Crippen MR) is 81.9 cm³/mol. The molecule has 8 heteroatoms. The molecule has 0 aromatic heterocycles. The largest absolute Gasteiger partial charge is 0.385 e. The van der Waals surface area contributed by atoms with Crippen molar-refractivity contribution in [3.05, 3.63) is 28.3 Å². The number of anilines is 1. The van der Waals surface area contributed by atoms with Crippen molar-refractivity contribution in [1.82, 2.24) is 4.72 Å². The number of hydrogen-bond donors (Lipinski definition) is 2. The zero-order valence-electron chi connectivity index (χ0n) is 12.4. The first-order valence-corrected chi connectivity index (χ1v) is 8.32. The lowest BCUT2D eigenvalue weighted by Crippen LogP contribution is -2.28. The summed E-state index contributed by atoms with van der Waals surface area (Å²) >= 11 is 0. The molecule has 0 aliphatic rings. The van der Waals surface area contributed by atoms with Gasteiger partial charge in [0, 0.05) is 24.8 Å². The van der Waals surface area contributed by atoms with Gasteiger partial charge in [0.05, 0.1) is 4.92 Å². The molecule has 0 saturated carbocycles. The average molecular weight is 315 g/mol. The van der Waals surface area contributed by atoms with E-state index in [1.54, 1.807) is 0 Å². The maximum absolute atomic E-state index is 12.3. The summed E-state index contributed by atoms with van der Waals surface area (Å²) < 4.78 is 27.0. The summed E-state index contributed by atoms with van der Waals surface area (Å²) in [5, 5.41) is 14.0. The number of rotatable bonds is 8. The Morgan fingerprint density at radius 2 is 2.00 bits per heavy atom. The lowest BCUT2D eigenvalue weighted by molar-refractivity contribution is -0.387. The molecule has 0 radical (unpaired) electrons. The summed E-state index contributed by atoms with van der Waals surface area (Å²) in [5.41, 5.74) is 0.111. The van der Waals surface area contributed by atoms with Crippen molar-refractivity contribution in [3.63, 3.8) is 0 Å². The van der Waals surface area contributed by atoms with Gasteiger partial charge in [-0.15, -0.1) is 0 Å². The molecule has 118 valence electrons. The third-order valence-corrected chi connectivity index (χ3v) is 4.60. The fourth-order valence-corrected chi connectivity index (χ4v) is 3.03. The number of hydrogen-bond acceptors (Lipinski definition) is 5. The molecule has 0 aliphatic carbocycles. The van der Waals surface area contributed by atoms with Crippen molar-refractivity contribution in [2.24, 2.45) is 5.92 Å². The molecule has 0 fully saturated rings. The molecule has 0 bridgehead atoms. The van der Waals surface area contributed by atoms with Crippen LogP contribution in [-0.4, -0.2) is 26.4 Å². The van der Waals surface area contributed by atoms with E-state index in [4.69, 9.17) is 0 Å². The average Bonchev–Trinajstić information content (AvgIpc) is 2.44. The molecule has 0 amide bonds. The molecule has 7 nitrogen and oxygen atoms in total. The standard InChI is InChI=1S/C13H21N3O4S/c1-4-10(3)9-15-21(19,20)13-8-11(14-5-2)6-7-12(13)16(17)18/h6-8,10,14-15H,4-5,9H2,1-3H3. The Morgan fingerprint density at radius 3 is 2.52 bits per heavy atom. The minimum absolute atomic E-state index is 0.163. The molecule has 1 atom stereocenters. The monoisotopic (exact) mass is 315 g/mol. The van der Waals surface area contributed by atoms with Crippen LogP contribution in [0, 0.1) is 16.0 Å². The van der Waals surface area contributed by atoms with Gasteiger partial charge in [0.25, 0.3) is 5.69 Å². The van der Waals surface area contributed by atoms with Crippen molar-refractivity contribution in [1.29, 1.82) is 0 Å². The van der Waals surface area contributed by atoms with E-state index in [0.29, 0.717) is 12.2 Å². The summed E-state index contributed by atoms with van der Waals surface area (Å²) in [6.45, 7) is 6.56. The molecule has 0 saturated heterocycles. The lowest BCUT2D eigenvalue weighted by atomic mass is 10.1. The highest BCUT2D eigenvalue weighted by atomic mass is 32.2. The molecule has 0 aliphatic heterocycles. The van der Waals surface area contributed by atoms with Gasteiger partial charge in [0.15, 0.2) is 4.90 Å². The van der Waals surface area contributed by atoms with Crippen LogP contribution in [0.15, 0.2) is 23.1 Å². The molecular formula is C13H21N3O4S. The van der Waals surface area contributed by atoms with Crippen LogP contribution in [0.1, 0.15) is 27.2 Å². The van der Waals surface area contributed by atoms with Crippen molar-refractivity contribution < 1.29 is 13.3 Å². The fraction of sp³-hybridized carbons (Fsp3) is 0.538. The van der Waals surface area contributed by atoms with Crippen molar-refractivity contribution in [2.75, 3.05) is 18.4 Å². The van der Waals surface area contributed by atoms with Crippen molar-refractivity contribution >= 4 is 21.4 Å². The Labute approximate surface area is 124 Å². The van der Waals surface area contributed by atoms with Crippen molar-refractivity contribution in [2.45, 2.75) is 32.1 Å². The fourth-order valence-electron chi connectivity index (χ4n) is 1.67. The highest BCUT2D eigenvalue weighted by Crippen LogP contribution is 2.27. The van der Waals surface area contributed by atoms with Crippen molar-refractivity contribution in [3.8, 4) is 0 Å². The van der Waals surface area contributed by atoms with Gasteiger partial charge in [-0.25, -0.2) is 13.1 Å². The van der Waals surface area contributed by atoms with Crippen LogP contribution in [0.4, 0.5) is 11.4 Å². The Kier molecular flexibility index (Phi) is 6.10. The van der Waals surface area contributed by atoms with E-state index in [2.05, 4.69) is 10.0 Å². The molecule has 0 spiro atoms. The molecule has 1 rings (SSSR count). The summed E-state index contributed by atoms with van der Waals surface area (Å²) in [6, 6.07) is 3.99. The Morgan fingerprint density at radius 1 is 1.33 bits per heavy atom. The van der Waals surface area contributed by atoms with E-state index in [1.165, 1.54) is 18.2 Å². The van der Waals surface area contributed by atoms with Crippen LogP contribution in [-0.2, 0) is 10.0 Å². The maximum atomic E-state index is 12.3. The topological polar surface area (TPSA) is 101 Å². The molecular weight excluding hydrogens is 294 g/mol. The first-order chi connectivity index (χ1) is 9.81. The second-order valence-corrected chi connectivity index (χ2v) is 6.57. The molecule has 1 aromatic carbocycles. The van der Waals surface area contributed by atoms with Crippen LogP contribution in [0.2, 0.25) is 0 Å². The van der Waals surface area contributed by atoms with Crippen LogP contribution in [0.5, 0.6) is 0 Å².